The van der Waals surface area contributed by atoms with Gasteiger partial charge in [-0.3, -0.25) is 19.1 Å². The number of hydrogen-bond acceptors (Lipinski definition) is 6. The Morgan fingerprint density at radius 1 is 0.972 bits per heavy atom. The monoisotopic (exact) mass is 528 g/mol. The van der Waals surface area contributed by atoms with Crippen LogP contribution in [-0.4, -0.2) is 39.3 Å². The molecule has 2 fully saturated rings. The first-order valence-corrected chi connectivity index (χ1v) is 14.8. The zero-order valence-corrected chi connectivity index (χ0v) is 23.7. The number of thiocarbonyl (C=S) groups is 1. The van der Waals surface area contributed by atoms with Crippen LogP contribution in [0.2, 0.25) is 0 Å². The summed E-state index contributed by atoms with van der Waals surface area (Å²) in [5, 5.41) is 9.84. The Labute approximate surface area is 225 Å². The second-order valence-electron chi connectivity index (χ2n) is 9.81. The maximum absolute atomic E-state index is 13.4. The zero-order valence-electron chi connectivity index (χ0n) is 22.1. The Kier molecular flexibility index (Phi) is 11.1. The number of rotatable bonds is 11. The summed E-state index contributed by atoms with van der Waals surface area (Å²) in [7, 11) is 0. The molecule has 196 valence electrons. The van der Waals surface area contributed by atoms with Crippen LogP contribution in [-0.2, 0) is 11.3 Å². The molecule has 0 atom stereocenters. The number of carbonyl (C=O) groups is 1. The third-order valence-corrected chi connectivity index (χ3v) is 8.46. The molecule has 8 heteroatoms. The number of amides is 1. The van der Waals surface area contributed by atoms with E-state index >= 15 is 0 Å². The van der Waals surface area contributed by atoms with Gasteiger partial charge in [-0.05, 0) is 44.2 Å². The number of hydrogen-bond donors (Lipinski definition) is 0. The summed E-state index contributed by atoms with van der Waals surface area (Å²) in [6, 6.07) is 2.14. The summed E-state index contributed by atoms with van der Waals surface area (Å²) in [5.41, 5.74) is 1.39. The van der Waals surface area contributed by atoms with Gasteiger partial charge < -0.3 is 4.90 Å². The summed E-state index contributed by atoms with van der Waals surface area (Å²) in [4.78, 5) is 31.3. The third kappa shape index (κ3) is 6.60. The number of anilines is 1. The largest absolute Gasteiger partial charge is 0.357 e. The fourth-order valence-electron chi connectivity index (χ4n) is 5.07. The van der Waals surface area contributed by atoms with Gasteiger partial charge in [0.15, 0.2) is 0 Å². The summed E-state index contributed by atoms with van der Waals surface area (Å²) >= 11 is 6.92. The van der Waals surface area contributed by atoms with Crippen LogP contribution in [0, 0.1) is 18.3 Å². The van der Waals surface area contributed by atoms with Crippen molar-refractivity contribution >= 4 is 46.1 Å². The van der Waals surface area contributed by atoms with E-state index < -0.39 is 0 Å². The van der Waals surface area contributed by atoms with Crippen LogP contribution < -0.4 is 10.5 Å². The maximum Gasteiger partial charge on any atom is 0.270 e. The number of pyridine rings is 1. The lowest BCUT2D eigenvalue weighted by Crippen LogP contribution is -2.35. The normalized spacial score (nSPS) is 17.7. The van der Waals surface area contributed by atoms with E-state index in [1.54, 1.807) is 9.47 Å². The minimum absolute atomic E-state index is 0.0634. The fraction of sp³-hybridized carbons (Fsp3) is 0.643. The highest BCUT2D eigenvalue weighted by Gasteiger charge is 2.33. The quantitative estimate of drug-likeness (QED) is 0.189. The van der Waals surface area contributed by atoms with Gasteiger partial charge in [0.1, 0.15) is 21.8 Å². The number of unbranched alkanes of at least 4 members (excludes halogenated alkanes) is 5. The number of thioether (sulfide) groups is 1. The Morgan fingerprint density at radius 2 is 1.64 bits per heavy atom. The van der Waals surface area contributed by atoms with Crippen molar-refractivity contribution in [3.05, 3.63) is 31.9 Å². The first-order valence-electron chi connectivity index (χ1n) is 13.6. The van der Waals surface area contributed by atoms with Crippen LogP contribution in [0.25, 0.3) is 6.08 Å². The molecule has 0 saturated carbocycles. The first kappa shape index (κ1) is 28.5. The van der Waals surface area contributed by atoms with Crippen molar-refractivity contribution in [3.63, 3.8) is 0 Å². The van der Waals surface area contributed by atoms with Crippen LogP contribution >= 0.6 is 24.0 Å². The predicted molar refractivity (Wildman–Crippen MR) is 154 cm³/mol. The highest BCUT2D eigenvalue weighted by Crippen LogP contribution is 2.36. The molecule has 0 aliphatic carbocycles. The molecule has 0 unspecified atom stereocenters. The number of nitriles is 1. The van der Waals surface area contributed by atoms with Gasteiger partial charge in [-0.25, -0.2) is 0 Å². The van der Waals surface area contributed by atoms with Crippen LogP contribution in [0.5, 0.6) is 0 Å². The summed E-state index contributed by atoms with van der Waals surface area (Å²) < 4.78 is 2.36. The van der Waals surface area contributed by atoms with Gasteiger partial charge in [0.2, 0.25) is 0 Å². The lowest BCUT2D eigenvalue weighted by Gasteiger charge is -2.29. The summed E-state index contributed by atoms with van der Waals surface area (Å²) in [6.45, 7) is 9.01. The minimum atomic E-state index is -0.233. The Bertz CT molecular complexity index is 1080. The molecule has 36 heavy (non-hydrogen) atoms. The molecule has 0 radical (unpaired) electrons. The molecule has 0 bridgehead atoms. The molecule has 0 aromatic carbocycles. The van der Waals surface area contributed by atoms with E-state index in [-0.39, 0.29) is 17.0 Å². The van der Waals surface area contributed by atoms with Crippen LogP contribution in [0.15, 0.2) is 9.70 Å². The minimum Gasteiger partial charge on any atom is -0.357 e. The van der Waals surface area contributed by atoms with Crippen molar-refractivity contribution in [2.24, 2.45) is 0 Å². The SMILES string of the molecule is CCCCCCCCN1C(=O)C(=Cc2c(C)c(C#N)c(=O)n(CCC)c2N2CCCCCC2)SC1=S. The average Bonchev–Trinajstić information content (AvgIpc) is 3.03. The Balaban J connectivity index is 1.98. The first-order chi connectivity index (χ1) is 17.4. The number of carbonyl (C=O) groups excluding carboxylic acids is 1. The fourth-order valence-corrected chi connectivity index (χ4v) is 6.36. The van der Waals surface area contributed by atoms with Crippen molar-refractivity contribution in [1.82, 2.24) is 9.47 Å². The molecule has 0 N–H and O–H groups in total. The molecule has 6 nitrogen and oxygen atoms in total. The molecular weight excluding hydrogens is 488 g/mol. The molecule has 3 rings (SSSR count). The molecule has 3 heterocycles. The topological polar surface area (TPSA) is 69.3 Å². The molecular formula is C28H40N4O2S2. The van der Waals surface area contributed by atoms with Gasteiger partial charge in [0.25, 0.3) is 11.5 Å². The average molecular weight is 529 g/mol. The van der Waals surface area contributed by atoms with E-state index in [1.165, 1.54) is 50.3 Å². The zero-order chi connectivity index (χ0) is 26.1. The van der Waals surface area contributed by atoms with Gasteiger partial charge in [-0.2, -0.15) is 5.26 Å². The lowest BCUT2D eigenvalue weighted by molar-refractivity contribution is -0.122. The molecule has 2 aliphatic rings. The molecule has 1 aromatic rings. The number of nitrogens with zero attached hydrogens (tertiary/aromatic N) is 4. The van der Waals surface area contributed by atoms with Crippen molar-refractivity contribution in [3.8, 4) is 6.07 Å². The standard InChI is InChI=1S/C28H40N4O2S2/c1-4-6-7-8-9-14-18-32-27(34)24(36-28(32)35)19-22-21(3)23(20-29)26(33)31(15-5-2)25(22)30-16-12-10-11-13-17-30/h19H,4-18H2,1-3H3. The summed E-state index contributed by atoms with van der Waals surface area (Å²) in [5.74, 6) is 0.785. The van der Waals surface area contributed by atoms with Gasteiger partial charge in [0, 0.05) is 31.7 Å². The van der Waals surface area contributed by atoms with E-state index in [9.17, 15) is 14.9 Å². The second kappa shape index (κ2) is 14.0. The van der Waals surface area contributed by atoms with E-state index in [0.29, 0.717) is 27.9 Å². The van der Waals surface area contributed by atoms with Gasteiger partial charge >= 0.3 is 0 Å². The Hall–Kier alpha value is -2.11. The lowest BCUT2D eigenvalue weighted by atomic mass is 10.0. The van der Waals surface area contributed by atoms with Crippen molar-refractivity contribution in [1.29, 1.82) is 5.26 Å². The molecule has 1 amide bonds. The third-order valence-electron chi connectivity index (χ3n) is 7.08. The number of aromatic nitrogens is 1. The van der Waals surface area contributed by atoms with Crippen molar-refractivity contribution < 1.29 is 4.79 Å². The molecule has 1 aromatic heterocycles. The predicted octanol–water partition coefficient (Wildman–Crippen LogP) is 6.38. The summed E-state index contributed by atoms with van der Waals surface area (Å²) in [6.07, 6.45) is 14.1. The van der Waals surface area contributed by atoms with Crippen LogP contribution in [0.3, 0.4) is 0 Å². The van der Waals surface area contributed by atoms with Crippen molar-refractivity contribution in [2.75, 3.05) is 24.5 Å². The smallest absolute Gasteiger partial charge is 0.270 e. The van der Waals surface area contributed by atoms with E-state index in [1.807, 2.05) is 19.9 Å². The highest BCUT2D eigenvalue weighted by atomic mass is 32.2. The molecule has 2 saturated heterocycles. The van der Waals surface area contributed by atoms with E-state index in [0.717, 1.165) is 56.6 Å². The van der Waals surface area contributed by atoms with Gasteiger partial charge in [0.05, 0.1) is 4.91 Å². The van der Waals surface area contributed by atoms with Crippen LogP contribution in [0.4, 0.5) is 5.82 Å². The van der Waals surface area contributed by atoms with Crippen LogP contribution in [0.1, 0.15) is 101 Å². The van der Waals surface area contributed by atoms with Gasteiger partial charge in [-0.15, -0.1) is 0 Å². The van der Waals surface area contributed by atoms with E-state index in [2.05, 4.69) is 17.9 Å². The molecule has 0 spiro atoms. The van der Waals surface area contributed by atoms with E-state index in [4.69, 9.17) is 12.2 Å². The maximum atomic E-state index is 13.4. The highest BCUT2D eigenvalue weighted by molar-refractivity contribution is 8.26. The Morgan fingerprint density at radius 3 is 2.28 bits per heavy atom. The van der Waals surface area contributed by atoms with Gasteiger partial charge in [-0.1, -0.05) is 82.8 Å². The van der Waals surface area contributed by atoms with Crippen molar-refractivity contribution in [2.45, 2.75) is 97.9 Å². The second-order valence-corrected chi connectivity index (χ2v) is 11.5. The molecule has 2 aliphatic heterocycles.